The lowest BCUT2D eigenvalue weighted by molar-refractivity contribution is 0.202. The van der Waals surface area contributed by atoms with Crippen LogP contribution in [0, 0.1) is 0 Å². The van der Waals surface area contributed by atoms with E-state index in [1.807, 2.05) is 6.07 Å². The van der Waals surface area contributed by atoms with Crippen LogP contribution < -0.4 is 5.32 Å². The number of hydrogen-bond acceptors (Lipinski definition) is 4. The Kier molecular flexibility index (Phi) is 5.38. The van der Waals surface area contributed by atoms with Gasteiger partial charge in [0.15, 0.2) is 0 Å². The van der Waals surface area contributed by atoms with Crippen LogP contribution in [-0.2, 0) is 6.54 Å². The van der Waals surface area contributed by atoms with Gasteiger partial charge in [-0.3, -0.25) is 9.88 Å². The average molecular weight is 269 g/mol. The van der Waals surface area contributed by atoms with Crippen LogP contribution in [0.25, 0.3) is 0 Å². The van der Waals surface area contributed by atoms with E-state index in [1.54, 1.807) is 12.4 Å². The largest absolute Gasteiger partial charge is 0.314 e. The predicted molar refractivity (Wildman–Crippen MR) is 74.9 cm³/mol. The molecule has 0 radical (unpaired) electrons. The fourth-order valence-electron chi connectivity index (χ4n) is 2.15. The quantitative estimate of drug-likeness (QED) is 0.866. The van der Waals surface area contributed by atoms with Crippen molar-refractivity contribution in [2.24, 2.45) is 0 Å². The lowest BCUT2D eigenvalue weighted by atomic mass is 10.2. The summed E-state index contributed by atoms with van der Waals surface area (Å²) in [5.41, 5.74) is 1.15. The highest BCUT2D eigenvalue weighted by Gasteiger charge is 2.10. The summed E-state index contributed by atoms with van der Waals surface area (Å²) in [5.74, 6) is 0. The van der Waals surface area contributed by atoms with Gasteiger partial charge in [0.05, 0.1) is 5.02 Å². The zero-order valence-corrected chi connectivity index (χ0v) is 11.7. The number of rotatable bonds is 5. The third kappa shape index (κ3) is 4.21. The summed E-state index contributed by atoms with van der Waals surface area (Å²) in [6.45, 7) is 7.61. The molecule has 1 aromatic heterocycles. The summed E-state index contributed by atoms with van der Waals surface area (Å²) in [6.07, 6.45) is 3.51. The molecule has 0 saturated carbocycles. The number of pyridine rings is 1. The molecule has 0 spiro atoms. The van der Waals surface area contributed by atoms with Crippen molar-refractivity contribution in [3.63, 3.8) is 0 Å². The van der Waals surface area contributed by atoms with E-state index in [9.17, 15) is 0 Å². The maximum atomic E-state index is 6.11. The van der Waals surface area contributed by atoms with Crippen molar-refractivity contribution in [2.75, 3.05) is 46.3 Å². The topological polar surface area (TPSA) is 31.4 Å². The van der Waals surface area contributed by atoms with Gasteiger partial charge in [0.1, 0.15) is 0 Å². The van der Waals surface area contributed by atoms with Crippen molar-refractivity contribution in [3.8, 4) is 0 Å². The lowest BCUT2D eigenvalue weighted by Crippen LogP contribution is -2.45. The zero-order chi connectivity index (χ0) is 12.8. The monoisotopic (exact) mass is 268 g/mol. The first-order chi connectivity index (χ1) is 8.75. The summed E-state index contributed by atoms with van der Waals surface area (Å²) in [7, 11) is 2.14. The number of nitrogens with zero attached hydrogens (tertiary/aromatic N) is 3. The van der Waals surface area contributed by atoms with Crippen molar-refractivity contribution >= 4 is 11.6 Å². The van der Waals surface area contributed by atoms with Gasteiger partial charge >= 0.3 is 0 Å². The van der Waals surface area contributed by atoms with Crippen LogP contribution in [0.1, 0.15) is 5.56 Å². The van der Waals surface area contributed by atoms with Gasteiger partial charge in [-0.05, 0) is 18.7 Å². The van der Waals surface area contributed by atoms with E-state index < -0.39 is 0 Å². The van der Waals surface area contributed by atoms with Crippen molar-refractivity contribution in [1.82, 2.24) is 20.1 Å². The van der Waals surface area contributed by atoms with Crippen LogP contribution in [0.5, 0.6) is 0 Å². The van der Waals surface area contributed by atoms with E-state index in [1.165, 1.54) is 0 Å². The molecule has 4 nitrogen and oxygen atoms in total. The molecule has 1 aromatic rings. The van der Waals surface area contributed by atoms with Crippen LogP contribution in [0.3, 0.4) is 0 Å². The number of halogens is 1. The van der Waals surface area contributed by atoms with Crippen LogP contribution >= 0.6 is 11.6 Å². The molecule has 1 aliphatic rings. The Morgan fingerprint density at radius 2 is 2.22 bits per heavy atom. The fraction of sp³-hybridized carbons (Fsp3) is 0.615. The second kappa shape index (κ2) is 7.04. The summed E-state index contributed by atoms with van der Waals surface area (Å²) in [4.78, 5) is 8.82. The normalized spacial score (nSPS) is 17.3. The van der Waals surface area contributed by atoms with Crippen LogP contribution in [0.2, 0.25) is 5.02 Å². The maximum absolute atomic E-state index is 6.11. The second-order valence-corrected chi connectivity index (χ2v) is 5.20. The Labute approximate surface area is 114 Å². The van der Waals surface area contributed by atoms with E-state index in [-0.39, 0.29) is 0 Å². The Hall–Kier alpha value is -0.680. The van der Waals surface area contributed by atoms with Crippen LogP contribution in [-0.4, -0.2) is 61.1 Å². The van der Waals surface area contributed by atoms with Gasteiger partial charge in [0, 0.05) is 58.2 Å². The lowest BCUT2D eigenvalue weighted by Gasteiger charge is -2.29. The molecular weight excluding hydrogens is 248 g/mol. The summed E-state index contributed by atoms with van der Waals surface area (Å²) in [6, 6.07) is 1.99. The van der Waals surface area contributed by atoms with Crippen molar-refractivity contribution in [3.05, 3.63) is 29.0 Å². The van der Waals surface area contributed by atoms with E-state index >= 15 is 0 Å². The molecule has 1 fully saturated rings. The minimum Gasteiger partial charge on any atom is -0.314 e. The average Bonchev–Trinajstić information content (AvgIpc) is 2.40. The highest BCUT2D eigenvalue weighted by molar-refractivity contribution is 6.31. The highest BCUT2D eigenvalue weighted by Crippen LogP contribution is 2.14. The molecule has 1 saturated heterocycles. The van der Waals surface area contributed by atoms with E-state index in [2.05, 4.69) is 27.1 Å². The molecule has 0 atom stereocenters. The van der Waals surface area contributed by atoms with Crippen molar-refractivity contribution < 1.29 is 0 Å². The van der Waals surface area contributed by atoms with Gasteiger partial charge in [0.25, 0.3) is 0 Å². The summed E-state index contributed by atoms with van der Waals surface area (Å²) < 4.78 is 0. The molecular formula is C13H21ClN4. The predicted octanol–water partition coefficient (Wildman–Crippen LogP) is 1.07. The second-order valence-electron chi connectivity index (χ2n) is 4.80. The van der Waals surface area contributed by atoms with Gasteiger partial charge in [-0.2, -0.15) is 0 Å². The molecule has 0 amide bonds. The first kappa shape index (κ1) is 13.7. The van der Waals surface area contributed by atoms with E-state index in [0.29, 0.717) is 0 Å². The first-order valence-corrected chi connectivity index (χ1v) is 6.83. The standard InChI is InChI=1S/C13H21ClN4/c1-17(8-9-18-6-4-15-5-7-18)11-12-2-3-16-10-13(12)14/h2-3,10,15H,4-9,11H2,1H3. The van der Waals surface area contributed by atoms with Gasteiger partial charge in [-0.25, -0.2) is 0 Å². The molecule has 18 heavy (non-hydrogen) atoms. The van der Waals surface area contributed by atoms with Gasteiger partial charge in [0.2, 0.25) is 0 Å². The summed E-state index contributed by atoms with van der Waals surface area (Å²) >= 11 is 6.11. The first-order valence-electron chi connectivity index (χ1n) is 6.46. The smallest absolute Gasteiger partial charge is 0.0634 e. The molecule has 0 unspecified atom stereocenters. The molecule has 2 heterocycles. The molecule has 2 rings (SSSR count). The zero-order valence-electron chi connectivity index (χ0n) is 10.9. The molecule has 5 heteroatoms. The Bertz CT molecular complexity index is 366. The molecule has 0 aromatic carbocycles. The minimum atomic E-state index is 0.756. The third-order valence-electron chi connectivity index (χ3n) is 3.30. The number of nitrogens with one attached hydrogen (secondary N) is 1. The maximum Gasteiger partial charge on any atom is 0.0634 e. The van der Waals surface area contributed by atoms with Crippen LogP contribution in [0.15, 0.2) is 18.5 Å². The number of piperazine rings is 1. The Morgan fingerprint density at radius 3 is 2.94 bits per heavy atom. The minimum absolute atomic E-state index is 0.756. The Morgan fingerprint density at radius 1 is 1.44 bits per heavy atom. The Balaban J connectivity index is 1.74. The SMILES string of the molecule is CN(CCN1CCNCC1)Cc1ccncc1Cl. The van der Waals surface area contributed by atoms with E-state index in [0.717, 1.165) is 56.4 Å². The van der Waals surface area contributed by atoms with Gasteiger partial charge in [-0.15, -0.1) is 0 Å². The molecule has 0 aliphatic carbocycles. The molecule has 100 valence electrons. The molecule has 0 bridgehead atoms. The third-order valence-corrected chi connectivity index (χ3v) is 3.64. The van der Waals surface area contributed by atoms with Crippen molar-refractivity contribution in [2.45, 2.75) is 6.54 Å². The summed E-state index contributed by atoms with van der Waals surface area (Å²) in [5, 5.41) is 4.13. The highest BCUT2D eigenvalue weighted by atomic mass is 35.5. The van der Waals surface area contributed by atoms with Crippen LogP contribution in [0.4, 0.5) is 0 Å². The van der Waals surface area contributed by atoms with E-state index in [4.69, 9.17) is 11.6 Å². The number of likely N-dealkylation sites (N-methyl/N-ethyl adjacent to an activating group) is 1. The molecule has 1 aliphatic heterocycles. The van der Waals surface area contributed by atoms with Gasteiger partial charge < -0.3 is 10.2 Å². The number of aromatic nitrogens is 1. The number of hydrogen-bond donors (Lipinski definition) is 1. The molecule has 1 N–H and O–H groups in total. The van der Waals surface area contributed by atoms with Gasteiger partial charge in [-0.1, -0.05) is 11.6 Å². The fourth-order valence-corrected chi connectivity index (χ4v) is 2.33. The van der Waals surface area contributed by atoms with Crippen molar-refractivity contribution in [1.29, 1.82) is 0 Å².